The second-order valence-electron chi connectivity index (χ2n) is 7.24. The lowest BCUT2D eigenvalue weighted by Crippen LogP contribution is -2.43. The van der Waals surface area contributed by atoms with Crippen LogP contribution in [0.5, 0.6) is 0 Å². The summed E-state index contributed by atoms with van der Waals surface area (Å²) < 4.78 is 5.35. The number of furan rings is 1. The largest absolute Gasteiger partial charge is 0.469 e. The number of piperidine rings is 1. The lowest BCUT2D eigenvalue weighted by Gasteiger charge is -2.32. The van der Waals surface area contributed by atoms with Gasteiger partial charge < -0.3 is 14.6 Å². The summed E-state index contributed by atoms with van der Waals surface area (Å²) in [5, 5.41) is 3.15. The molecule has 0 aromatic carbocycles. The van der Waals surface area contributed by atoms with Crippen molar-refractivity contribution in [1.29, 1.82) is 0 Å². The third-order valence-electron chi connectivity index (χ3n) is 4.91. The van der Waals surface area contributed by atoms with Crippen molar-refractivity contribution in [1.82, 2.24) is 15.3 Å². The molecule has 26 heavy (non-hydrogen) atoms. The fourth-order valence-electron chi connectivity index (χ4n) is 3.44. The molecule has 1 aliphatic rings. The first kappa shape index (κ1) is 18.4. The second-order valence-corrected chi connectivity index (χ2v) is 7.24. The minimum Gasteiger partial charge on any atom is -0.469 e. The van der Waals surface area contributed by atoms with E-state index in [9.17, 15) is 4.79 Å². The molecule has 0 aliphatic carbocycles. The summed E-state index contributed by atoms with van der Waals surface area (Å²) in [7, 11) is 0. The Morgan fingerprint density at radius 2 is 2.00 bits per heavy atom. The number of hydrogen-bond donors (Lipinski definition) is 1. The summed E-state index contributed by atoms with van der Waals surface area (Å²) in [6, 6.07) is 5.99. The summed E-state index contributed by atoms with van der Waals surface area (Å²) in [5.41, 5.74) is 1.97. The lowest BCUT2D eigenvalue weighted by molar-refractivity contribution is -0.126. The number of nitrogens with one attached hydrogen (secondary N) is 1. The predicted molar refractivity (Wildman–Crippen MR) is 101 cm³/mol. The highest BCUT2D eigenvalue weighted by Gasteiger charge is 2.27. The van der Waals surface area contributed by atoms with Crippen molar-refractivity contribution in [2.75, 3.05) is 18.0 Å². The maximum atomic E-state index is 12.5. The van der Waals surface area contributed by atoms with E-state index in [-0.39, 0.29) is 17.9 Å². The van der Waals surface area contributed by atoms with Crippen LogP contribution in [0.15, 0.2) is 28.9 Å². The summed E-state index contributed by atoms with van der Waals surface area (Å²) >= 11 is 0. The molecule has 0 saturated carbocycles. The summed E-state index contributed by atoms with van der Waals surface area (Å²) in [5.74, 6) is 1.99. The van der Waals surface area contributed by atoms with Crippen LogP contribution in [-0.2, 0) is 11.2 Å². The first-order chi connectivity index (χ1) is 12.5. The molecule has 1 aliphatic heterocycles. The molecule has 0 spiro atoms. The molecule has 1 fully saturated rings. The Balaban J connectivity index is 1.45. The molecule has 3 heterocycles. The highest BCUT2D eigenvalue weighted by molar-refractivity contribution is 5.79. The van der Waals surface area contributed by atoms with E-state index < -0.39 is 0 Å². The van der Waals surface area contributed by atoms with Crippen LogP contribution in [0.4, 0.5) is 5.95 Å². The highest BCUT2D eigenvalue weighted by atomic mass is 16.3. The minimum atomic E-state index is 0.0724. The van der Waals surface area contributed by atoms with Gasteiger partial charge in [0.25, 0.3) is 0 Å². The number of hydrogen-bond acceptors (Lipinski definition) is 5. The highest BCUT2D eigenvalue weighted by Crippen LogP contribution is 2.21. The van der Waals surface area contributed by atoms with Gasteiger partial charge in [0.15, 0.2) is 0 Å². The Morgan fingerprint density at radius 3 is 2.62 bits per heavy atom. The normalized spacial score (nSPS) is 16.5. The van der Waals surface area contributed by atoms with E-state index in [1.807, 2.05) is 32.0 Å². The Kier molecular flexibility index (Phi) is 5.91. The van der Waals surface area contributed by atoms with Gasteiger partial charge in [0.05, 0.1) is 6.26 Å². The quantitative estimate of drug-likeness (QED) is 0.861. The van der Waals surface area contributed by atoms with Crippen LogP contribution in [0, 0.1) is 19.8 Å². The van der Waals surface area contributed by atoms with Crippen molar-refractivity contribution < 1.29 is 9.21 Å². The minimum absolute atomic E-state index is 0.0724. The lowest BCUT2D eigenvalue weighted by atomic mass is 9.95. The summed E-state index contributed by atoms with van der Waals surface area (Å²) in [6.07, 6.45) is 5.09. The van der Waals surface area contributed by atoms with Gasteiger partial charge in [-0.25, -0.2) is 9.97 Å². The van der Waals surface area contributed by atoms with Crippen LogP contribution in [0.1, 0.15) is 43.3 Å². The van der Waals surface area contributed by atoms with Gasteiger partial charge in [-0.2, -0.15) is 0 Å². The first-order valence-electron chi connectivity index (χ1n) is 9.41. The van der Waals surface area contributed by atoms with Crippen LogP contribution in [-0.4, -0.2) is 35.0 Å². The van der Waals surface area contributed by atoms with E-state index in [1.165, 1.54) is 0 Å². The molecular formula is C20H28N4O2. The fraction of sp³-hybridized carbons (Fsp3) is 0.550. The van der Waals surface area contributed by atoms with Gasteiger partial charge in [-0.3, -0.25) is 4.79 Å². The van der Waals surface area contributed by atoms with Gasteiger partial charge in [0.1, 0.15) is 5.76 Å². The van der Waals surface area contributed by atoms with Gasteiger partial charge in [0.2, 0.25) is 11.9 Å². The number of carbonyl (C=O) groups is 1. The average Bonchev–Trinajstić information content (AvgIpc) is 3.13. The number of nitrogens with zero attached hydrogens (tertiary/aromatic N) is 3. The number of amides is 1. The van der Waals surface area contributed by atoms with Crippen LogP contribution >= 0.6 is 0 Å². The molecule has 1 N–H and O–H groups in total. The number of aryl methyl sites for hydroxylation is 3. The third kappa shape index (κ3) is 4.84. The SMILES string of the molecule is Cc1cc(C)nc(N2CCC(C(=O)NC(C)CCc3ccco3)CC2)n1. The van der Waals surface area contributed by atoms with E-state index in [0.717, 1.165) is 61.9 Å². The molecule has 2 aromatic heterocycles. The maximum absolute atomic E-state index is 12.5. The monoisotopic (exact) mass is 356 g/mol. The van der Waals surface area contributed by atoms with Crippen molar-refractivity contribution in [2.24, 2.45) is 5.92 Å². The molecule has 6 nitrogen and oxygen atoms in total. The van der Waals surface area contributed by atoms with Crippen molar-refractivity contribution in [3.63, 3.8) is 0 Å². The van der Waals surface area contributed by atoms with Gasteiger partial charge in [-0.15, -0.1) is 0 Å². The van der Waals surface area contributed by atoms with E-state index in [1.54, 1.807) is 6.26 Å². The predicted octanol–water partition coefficient (Wildman–Crippen LogP) is 3.04. The van der Waals surface area contributed by atoms with Crippen LogP contribution in [0.3, 0.4) is 0 Å². The number of carbonyl (C=O) groups excluding carboxylic acids is 1. The Labute approximate surface area is 155 Å². The smallest absolute Gasteiger partial charge is 0.225 e. The molecule has 1 amide bonds. The number of rotatable bonds is 6. The van der Waals surface area contributed by atoms with Crippen LogP contribution < -0.4 is 10.2 Å². The number of aromatic nitrogens is 2. The Bertz CT molecular complexity index is 701. The zero-order valence-corrected chi connectivity index (χ0v) is 15.9. The Hall–Kier alpha value is -2.37. The van der Waals surface area contributed by atoms with E-state index in [4.69, 9.17) is 4.42 Å². The molecule has 0 radical (unpaired) electrons. The third-order valence-corrected chi connectivity index (χ3v) is 4.91. The zero-order valence-electron chi connectivity index (χ0n) is 15.9. The van der Waals surface area contributed by atoms with E-state index >= 15 is 0 Å². The van der Waals surface area contributed by atoms with Gasteiger partial charge in [-0.1, -0.05) is 0 Å². The molecule has 140 valence electrons. The molecule has 2 aromatic rings. The molecule has 6 heteroatoms. The average molecular weight is 356 g/mol. The Morgan fingerprint density at radius 1 is 1.31 bits per heavy atom. The maximum Gasteiger partial charge on any atom is 0.225 e. The zero-order chi connectivity index (χ0) is 18.5. The van der Waals surface area contributed by atoms with E-state index in [0.29, 0.717) is 0 Å². The first-order valence-corrected chi connectivity index (χ1v) is 9.41. The van der Waals surface area contributed by atoms with Gasteiger partial charge in [0, 0.05) is 42.9 Å². The van der Waals surface area contributed by atoms with E-state index in [2.05, 4.69) is 27.1 Å². The van der Waals surface area contributed by atoms with Crippen molar-refractivity contribution in [3.05, 3.63) is 41.6 Å². The standard InChI is InChI=1S/C20H28N4O2/c1-14(6-7-18-5-4-12-26-18)21-19(25)17-8-10-24(11-9-17)20-22-15(2)13-16(3)23-20/h4-5,12-14,17H,6-11H2,1-3H3,(H,21,25). The van der Waals surface area contributed by atoms with Crippen LogP contribution in [0.25, 0.3) is 0 Å². The molecule has 3 rings (SSSR count). The molecule has 1 saturated heterocycles. The van der Waals surface area contributed by atoms with Gasteiger partial charge in [-0.05, 0) is 58.2 Å². The van der Waals surface area contributed by atoms with Crippen molar-refractivity contribution in [3.8, 4) is 0 Å². The second kappa shape index (κ2) is 8.34. The molecular weight excluding hydrogens is 328 g/mol. The molecule has 0 bridgehead atoms. The van der Waals surface area contributed by atoms with Crippen molar-refractivity contribution in [2.45, 2.75) is 52.5 Å². The fourth-order valence-corrected chi connectivity index (χ4v) is 3.44. The van der Waals surface area contributed by atoms with Crippen LogP contribution in [0.2, 0.25) is 0 Å². The van der Waals surface area contributed by atoms with Crippen molar-refractivity contribution >= 4 is 11.9 Å². The molecule has 1 unspecified atom stereocenters. The molecule has 1 atom stereocenters. The topological polar surface area (TPSA) is 71.3 Å². The summed E-state index contributed by atoms with van der Waals surface area (Å²) in [6.45, 7) is 7.67. The summed E-state index contributed by atoms with van der Waals surface area (Å²) in [4.78, 5) is 23.8. The number of anilines is 1. The van der Waals surface area contributed by atoms with Gasteiger partial charge >= 0.3 is 0 Å².